The van der Waals surface area contributed by atoms with Gasteiger partial charge >= 0.3 is 0 Å². The summed E-state index contributed by atoms with van der Waals surface area (Å²) in [6.07, 6.45) is 0. The minimum Gasteiger partial charge on any atom is -0.279 e. The van der Waals surface area contributed by atoms with E-state index in [1.807, 2.05) is 0 Å². The van der Waals surface area contributed by atoms with E-state index in [0.717, 1.165) is 22.7 Å². The molecule has 0 spiro atoms. The molecule has 3 nitrogen and oxygen atoms in total. The van der Waals surface area contributed by atoms with Gasteiger partial charge in [-0.2, -0.15) is 0 Å². The molecule has 0 unspecified atom stereocenters. The zero-order chi connectivity index (χ0) is 24.7. The van der Waals surface area contributed by atoms with Gasteiger partial charge in [-0.05, 0) is 58.7 Å². The lowest BCUT2D eigenvalue weighted by Gasteiger charge is -2.22. The highest BCUT2D eigenvalue weighted by atomic mass is 15.2. The van der Waals surface area contributed by atoms with Crippen LogP contribution in [0.1, 0.15) is 25.0 Å². The Balaban J connectivity index is 1.55. The first kappa shape index (κ1) is 20.6. The molecule has 0 atom stereocenters. The summed E-state index contributed by atoms with van der Waals surface area (Å²) in [5.41, 5.74) is 10.9. The minimum atomic E-state index is -0.0973. The van der Waals surface area contributed by atoms with E-state index in [-0.39, 0.29) is 5.41 Å². The number of fused-ring (bicyclic) bond motifs is 8. The largest absolute Gasteiger partial charge is 0.279 e. The zero-order valence-corrected chi connectivity index (χ0v) is 20.8. The van der Waals surface area contributed by atoms with Gasteiger partial charge in [0.25, 0.3) is 0 Å². The van der Waals surface area contributed by atoms with Gasteiger partial charge in [-0.3, -0.25) is 9.13 Å². The molecule has 3 heteroatoms. The molecule has 7 aromatic rings. The molecule has 0 radical (unpaired) electrons. The first-order chi connectivity index (χ1) is 18.1. The van der Waals surface area contributed by atoms with Gasteiger partial charge < -0.3 is 0 Å². The second-order valence-electron chi connectivity index (χ2n) is 10.5. The molecule has 37 heavy (non-hydrogen) atoms. The van der Waals surface area contributed by atoms with E-state index >= 15 is 0 Å². The molecule has 1 aliphatic carbocycles. The number of rotatable bonds is 2. The smallest absolute Gasteiger partial charge is 0.220 e. The Labute approximate surface area is 215 Å². The summed E-state index contributed by atoms with van der Waals surface area (Å²) in [5, 5.41) is 2.59. The molecular weight excluding hydrogens is 450 g/mol. The zero-order valence-electron chi connectivity index (χ0n) is 20.8. The summed E-state index contributed by atoms with van der Waals surface area (Å²) in [6.45, 7) is 4.73. The van der Waals surface area contributed by atoms with Gasteiger partial charge in [-0.15, -0.1) is 0 Å². The summed E-state index contributed by atoms with van der Waals surface area (Å²) in [5.74, 6) is 0.909. The van der Waals surface area contributed by atoms with Crippen molar-refractivity contribution >= 4 is 32.8 Å². The van der Waals surface area contributed by atoms with Crippen LogP contribution in [0.25, 0.3) is 55.6 Å². The Kier molecular flexibility index (Phi) is 4.00. The molecule has 2 heterocycles. The second-order valence-corrected chi connectivity index (χ2v) is 10.5. The predicted octanol–water partition coefficient (Wildman–Crippen LogP) is 8.43. The van der Waals surface area contributed by atoms with Crippen LogP contribution in [-0.4, -0.2) is 14.1 Å². The maximum absolute atomic E-state index is 5.23. The van der Waals surface area contributed by atoms with E-state index in [0.29, 0.717) is 0 Å². The van der Waals surface area contributed by atoms with E-state index in [2.05, 4.69) is 138 Å². The highest BCUT2D eigenvalue weighted by Crippen LogP contribution is 2.53. The lowest BCUT2D eigenvalue weighted by molar-refractivity contribution is 0.666. The third-order valence-electron chi connectivity index (χ3n) is 8.11. The Morgan fingerprint density at radius 1 is 0.568 bits per heavy atom. The lowest BCUT2D eigenvalue weighted by atomic mass is 9.80. The van der Waals surface area contributed by atoms with Crippen molar-refractivity contribution in [2.75, 3.05) is 0 Å². The normalized spacial score (nSPS) is 13.9. The molecule has 0 fully saturated rings. The van der Waals surface area contributed by atoms with Crippen molar-refractivity contribution in [3.05, 3.63) is 126 Å². The summed E-state index contributed by atoms with van der Waals surface area (Å²) in [7, 11) is 0. The van der Waals surface area contributed by atoms with Crippen molar-refractivity contribution < 1.29 is 0 Å². The maximum atomic E-state index is 5.23. The summed E-state index contributed by atoms with van der Waals surface area (Å²) in [6, 6.07) is 41.2. The third-order valence-corrected chi connectivity index (χ3v) is 8.11. The number of aromatic nitrogens is 3. The molecular formula is C34H25N3. The molecule has 176 valence electrons. The van der Waals surface area contributed by atoms with E-state index < -0.39 is 0 Å². The van der Waals surface area contributed by atoms with Crippen molar-refractivity contribution in [2.24, 2.45) is 0 Å². The molecule has 8 rings (SSSR count). The molecule has 2 aromatic heterocycles. The van der Waals surface area contributed by atoms with Crippen LogP contribution in [0.15, 0.2) is 115 Å². The highest BCUT2D eigenvalue weighted by molar-refractivity contribution is 6.14. The fraction of sp³-hybridized carbons (Fsp3) is 0.0882. The van der Waals surface area contributed by atoms with Crippen molar-refractivity contribution in [3.63, 3.8) is 0 Å². The summed E-state index contributed by atoms with van der Waals surface area (Å²) < 4.78 is 4.64. The second kappa shape index (κ2) is 7.21. The molecule has 0 bridgehead atoms. The first-order valence-electron chi connectivity index (χ1n) is 12.8. The van der Waals surface area contributed by atoms with E-state index in [9.17, 15) is 0 Å². The van der Waals surface area contributed by atoms with Crippen LogP contribution in [0.3, 0.4) is 0 Å². The number of benzene rings is 5. The van der Waals surface area contributed by atoms with Crippen LogP contribution in [0, 0.1) is 0 Å². The first-order valence-corrected chi connectivity index (χ1v) is 12.8. The van der Waals surface area contributed by atoms with E-state index in [1.165, 1.54) is 44.1 Å². The Morgan fingerprint density at radius 3 is 2.14 bits per heavy atom. The fourth-order valence-corrected chi connectivity index (χ4v) is 6.54. The molecule has 0 N–H and O–H groups in total. The minimum absolute atomic E-state index is 0.0973. The van der Waals surface area contributed by atoms with Gasteiger partial charge in [0.2, 0.25) is 5.95 Å². The molecule has 0 saturated carbocycles. The van der Waals surface area contributed by atoms with Crippen LogP contribution >= 0.6 is 0 Å². The SMILES string of the molecule is CC1(C)c2ccccc2-c2ccc3c(c21)c1ccccc1n3-c1nc2ccccc2n1-c1ccccc1. The van der Waals surface area contributed by atoms with Gasteiger partial charge in [0.1, 0.15) is 0 Å². The van der Waals surface area contributed by atoms with E-state index in [1.54, 1.807) is 0 Å². The fourth-order valence-electron chi connectivity index (χ4n) is 6.54. The van der Waals surface area contributed by atoms with Gasteiger partial charge in [-0.25, -0.2) is 4.98 Å². The number of nitrogens with zero attached hydrogens (tertiary/aromatic N) is 3. The lowest BCUT2D eigenvalue weighted by Crippen LogP contribution is -2.15. The van der Waals surface area contributed by atoms with E-state index in [4.69, 9.17) is 4.98 Å². The van der Waals surface area contributed by atoms with Crippen molar-refractivity contribution in [3.8, 4) is 22.8 Å². The average Bonchev–Trinajstić information content (AvgIpc) is 3.55. The maximum Gasteiger partial charge on any atom is 0.220 e. The molecule has 0 amide bonds. The number of hydrogen-bond donors (Lipinski definition) is 0. The number of imidazole rings is 1. The van der Waals surface area contributed by atoms with Crippen LogP contribution in [0.4, 0.5) is 0 Å². The van der Waals surface area contributed by atoms with Crippen molar-refractivity contribution in [2.45, 2.75) is 19.3 Å². The van der Waals surface area contributed by atoms with Gasteiger partial charge in [0.15, 0.2) is 0 Å². The van der Waals surface area contributed by atoms with Crippen LogP contribution < -0.4 is 0 Å². The Morgan fingerprint density at radius 2 is 1.27 bits per heavy atom. The highest BCUT2D eigenvalue weighted by Gasteiger charge is 2.38. The van der Waals surface area contributed by atoms with Crippen molar-refractivity contribution in [1.29, 1.82) is 0 Å². The van der Waals surface area contributed by atoms with Gasteiger partial charge in [0.05, 0.1) is 22.1 Å². The molecule has 1 aliphatic rings. The molecule has 5 aromatic carbocycles. The number of hydrogen-bond acceptors (Lipinski definition) is 1. The standard InChI is InChI=1S/C34H25N3/c1-34(2)26-16-8-6-14-23(26)24-20-21-30-31(32(24)34)25-15-7-10-18-28(25)37(30)33-35-27-17-9-11-19-29(27)36(33)22-12-4-3-5-13-22/h3-21H,1-2H3. The summed E-state index contributed by atoms with van der Waals surface area (Å²) >= 11 is 0. The topological polar surface area (TPSA) is 22.8 Å². The van der Waals surface area contributed by atoms with Gasteiger partial charge in [0, 0.05) is 21.9 Å². The van der Waals surface area contributed by atoms with Crippen LogP contribution in [-0.2, 0) is 5.41 Å². The Bertz CT molecular complexity index is 2000. The summed E-state index contributed by atoms with van der Waals surface area (Å²) in [4.78, 5) is 5.23. The quantitative estimate of drug-likeness (QED) is 0.246. The van der Waals surface area contributed by atoms with Gasteiger partial charge in [-0.1, -0.05) is 92.7 Å². The van der Waals surface area contributed by atoms with Crippen LogP contribution in [0.5, 0.6) is 0 Å². The third kappa shape index (κ3) is 2.63. The van der Waals surface area contributed by atoms with Crippen LogP contribution in [0.2, 0.25) is 0 Å². The molecule has 0 aliphatic heterocycles. The monoisotopic (exact) mass is 475 g/mol. The number of para-hydroxylation sites is 4. The average molecular weight is 476 g/mol. The predicted molar refractivity (Wildman–Crippen MR) is 153 cm³/mol. The van der Waals surface area contributed by atoms with Crippen molar-refractivity contribution in [1.82, 2.24) is 14.1 Å². The molecule has 0 saturated heterocycles. The Hall–Kier alpha value is -4.63.